The van der Waals surface area contributed by atoms with Crippen molar-refractivity contribution >= 4 is 23.5 Å². The fourth-order valence-electron chi connectivity index (χ4n) is 2.54. The summed E-state index contributed by atoms with van der Waals surface area (Å²) in [5.74, 6) is -0.463. The van der Waals surface area contributed by atoms with Crippen molar-refractivity contribution in [2.45, 2.75) is 13.1 Å². The Morgan fingerprint density at radius 2 is 2.19 bits per heavy atom. The first-order valence-corrected chi connectivity index (χ1v) is 8.08. The molecule has 0 saturated heterocycles. The zero-order chi connectivity index (χ0) is 18.7. The lowest BCUT2D eigenvalue weighted by Gasteiger charge is -2.09. The molecule has 3 rings (SSSR count). The van der Waals surface area contributed by atoms with Crippen molar-refractivity contribution in [1.29, 1.82) is 0 Å². The number of carbonyl (C=O) groups is 2. The van der Waals surface area contributed by atoms with Gasteiger partial charge in [0.05, 0.1) is 17.6 Å². The lowest BCUT2D eigenvalue weighted by atomic mass is 10.1. The number of hydrogen-bond donors (Lipinski definition) is 2. The van der Waals surface area contributed by atoms with Gasteiger partial charge in [0, 0.05) is 24.7 Å². The van der Waals surface area contributed by atoms with Crippen LogP contribution >= 0.6 is 0 Å². The first-order chi connectivity index (χ1) is 12.5. The van der Waals surface area contributed by atoms with Gasteiger partial charge in [-0.25, -0.2) is 13.9 Å². The van der Waals surface area contributed by atoms with E-state index in [0.717, 1.165) is 11.8 Å². The largest absolute Gasteiger partial charge is 0.385 e. The second-order valence-electron chi connectivity index (χ2n) is 5.81. The summed E-state index contributed by atoms with van der Waals surface area (Å²) in [6.07, 6.45) is 1.00. The number of alkyl halides is 1. The molecular weight excluding hydrogens is 337 g/mol. The molecule has 2 heterocycles. The minimum atomic E-state index is -1.15. The van der Waals surface area contributed by atoms with Gasteiger partial charge in [-0.05, 0) is 19.1 Å². The van der Waals surface area contributed by atoms with E-state index >= 15 is 0 Å². The topological polar surface area (TPSA) is 88.4 Å². The maximum absolute atomic E-state index is 13.0. The van der Waals surface area contributed by atoms with Crippen molar-refractivity contribution in [2.24, 2.45) is 0 Å². The standard InChI is InChI=1S/C18H18FN5O2/c1-11(19)8-22-18(26)16-9-21-17-15(20-2)7-14(23-24(16)17)13-5-3-4-12(6-13)10-25/h3-7,9-11,20H,8H2,1-2H3,(H,22,26). The number of nitrogens with zero attached hydrogens (tertiary/aromatic N) is 3. The molecular formula is C18H18FN5O2. The van der Waals surface area contributed by atoms with Crippen LogP contribution in [0.1, 0.15) is 27.8 Å². The molecule has 1 aromatic carbocycles. The highest BCUT2D eigenvalue weighted by atomic mass is 19.1. The van der Waals surface area contributed by atoms with Crippen molar-refractivity contribution in [3.05, 3.63) is 47.8 Å². The Morgan fingerprint density at radius 3 is 2.88 bits per heavy atom. The number of anilines is 1. The third kappa shape index (κ3) is 3.39. The Bertz CT molecular complexity index is 967. The van der Waals surface area contributed by atoms with E-state index < -0.39 is 12.1 Å². The van der Waals surface area contributed by atoms with Crippen molar-refractivity contribution < 1.29 is 14.0 Å². The molecule has 1 amide bonds. The van der Waals surface area contributed by atoms with Crippen LogP contribution in [0.3, 0.4) is 0 Å². The molecule has 7 nitrogen and oxygen atoms in total. The number of hydrogen-bond acceptors (Lipinski definition) is 5. The monoisotopic (exact) mass is 355 g/mol. The summed E-state index contributed by atoms with van der Waals surface area (Å²) in [5.41, 5.74) is 3.16. The molecule has 3 aromatic rings. The van der Waals surface area contributed by atoms with E-state index in [9.17, 15) is 14.0 Å². The smallest absolute Gasteiger partial charge is 0.271 e. The van der Waals surface area contributed by atoms with E-state index in [1.807, 2.05) is 6.07 Å². The normalized spacial score (nSPS) is 12.0. The Balaban J connectivity index is 2.10. The van der Waals surface area contributed by atoms with Crippen LogP contribution in [0, 0.1) is 0 Å². The molecule has 8 heteroatoms. The highest BCUT2D eigenvalue weighted by molar-refractivity contribution is 5.94. The van der Waals surface area contributed by atoms with Crippen LogP contribution in [-0.2, 0) is 0 Å². The second-order valence-corrected chi connectivity index (χ2v) is 5.81. The van der Waals surface area contributed by atoms with Crippen LogP contribution in [0.15, 0.2) is 36.5 Å². The first-order valence-electron chi connectivity index (χ1n) is 8.08. The van der Waals surface area contributed by atoms with E-state index in [1.165, 1.54) is 17.6 Å². The zero-order valence-corrected chi connectivity index (χ0v) is 14.4. The van der Waals surface area contributed by atoms with Crippen molar-refractivity contribution in [2.75, 3.05) is 18.9 Å². The van der Waals surface area contributed by atoms with Crippen LogP contribution in [0.4, 0.5) is 10.1 Å². The van der Waals surface area contributed by atoms with E-state index in [1.54, 1.807) is 31.3 Å². The van der Waals surface area contributed by atoms with Gasteiger partial charge in [0.25, 0.3) is 5.91 Å². The number of benzene rings is 1. The van der Waals surface area contributed by atoms with Crippen LogP contribution in [0.5, 0.6) is 0 Å². The number of aromatic nitrogens is 3. The minimum absolute atomic E-state index is 0.0912. The van der Waals surface area contributed by atoms with E-state index in [-0.39, 0.29) is 12.2 Å². The highest BCUT2D eigenvalue weighted by Gasteiger charge is 2.17. The number of carbonyl (C=O) groups excluding carboxylic acids is 2. The summed E-state index contributed by atoms with van der Waals surface area (Å²) in [6, 6.07) is 8.78. The van der Waals surface area contributed by atoms with Gasteiger partial charge in [0.2, 0.25) is 0 Å². The molecule has 0 spiro atoms. The lowest BCUT2D eigenvalue weighted by molar-refractivity contribution is 0.0936. The fourth-order valence-corrected chi connectivity index (χ4v) is 2.54. The number of halogens is 1. The van der Waals surface area contributed by atoms with Crippen molar-refractivity contribution in [3.8, 4) is 11.3 Å². The Hall–Kier alpha value is -3.29. The number of aldehydes is 1. The maximum Gasteiger partial charge on any atom is 0.271 e. The summed E-state index contributed by atoms with van der Waals surface area (Å²) < 4.78 is 14.4. The molecule has 0 aliphatic rings. The van der Waals surface area contributed by atoms with Gasteiger partial charge in [-0.15, -0.1) is 0 Å². The van der Waals surface area contributed by atoms with Gasteiger partial charge in [-0.2, -0.15) is 5.10 Å². The number of rotatable bonds is 6. The molecule has 134 valence electrons. The Kier molecular flexibility index (Phi) is 4.92. The van der Waals surface area contributed by atoms with Crippen LogP contribution < -0.4 is 10.6 Å². The number of imidazole rings is 1. The van der Waals surface area contributed by atoms with Gasteiger partial charge in [-0.3, -0.25) is 9.59 Å². The molecule has 0 radical (unpaired) electrons. The number of amides is 1. The maximum atomic E-state index is 13.0. The second kappa shape index (κ2) is 7.30. The molecule has 0 fully saturated rings. The van der Waals surface area contributed by atoms with E-state index in [0.29, 0.717) is 22.6 Å². The summed E-state index contributed by atoms with van der Waals surface area (Å²) in [6.45, 7) is 1.27. The summed E-state index contributed by atoms with van der Waals surface area (Å²) in [4.78, 5) is 27.6. The molecule has 0 aliphatic heterocycles. The average Bonchev–Trinajstić information content (AvgIpc) is 3.09. The molecule has 0 bridgehead atoms. The number of nitrogens with one attached hydrogen (secondary N) is 2. The third-order valence-electron chi connectivity index (χ3n) is 3.83. The molecule has 0 saturated carbocycles. The third-order valence-corrected chi connectivity index (χ3v) is 3.83. The van der Waals surface area contributed by atoms with Gasteiger partial charge in [0.1, 0.15) is 12.5 Å². The van der Waals surface area contributed by atoms with Crippen molar-refractivity contribution in [3.63, 3.8) is 0 Å². The molecule has 0 aliphatic carbocycles. The number of fused-ring (bicyclic) bond motifs is 1. The zero-order valence-electron chi connectivity index (χ0n) is 14.4. The van der Waals surface area contributed by atoms with E-state index in [4.69, 9.17) is 0 Å². The summed E-state index contributed by atoms with van der Waals surface area (Å²) in [5, 5.41) is 10.0. The quantitative estimate of drug-likeness (QED) is 0.663. The minimum Gasteiger partial charge on any atom is -0.385 e. The lowest BCUT2D eigenvalue weighted by Crippen LogP contribution is -2.30. The summed E-state index contributed by atoms with van der Waals surface area (Å²) in [7, 11) is 1.74. The SMILES string of the molecule is CNc1cc(-c2cccc(C=O)c2)nn2c(C(=O)NCC(C)F)cnc12. The molecule has 26 heavy (non-hydrogen) atoms. The molecule has 2 N–H and O–H groups in total. The molecule has 1 atom stereocenters. The van der Waals surface area contributed by atoms with Crippen LogP contribution in [0.25, 0.3) is 16.9 Å². The Labute approximate surface area is 149 Å². The molecule has 1 unspecified atom stereocenters. The average molecular weight is 355 g/mol. The first kappa shape index (κ1) is 17.5. The van der Waals surface area contributed by atoms with Gasteiger partial charge >= 0.3 is 0 Å². The van der Waals surface area contributed by atoms with Gasteiger partial charge in [0.15, 0.2) is 11.3 Å². The van der Waals surface area contributed by atoms with Crippen LogP contribution in [0.2, 0.25) is 0 Å². The highest BCUT2D eigenvalue weighted by Crippen LogP contribution is 2.24. The molecule has 2 aromatic heterocycles. The predicted octanol–water partition coefficient (Wildman–Crippen LogP) is 2.34. The fraction of sp³-hybridized carbons (Fsp3) is 0.222. The predicted molar refractivity (Wildman–Crippen MR) is 96.3 cm³/mol. The Morgan fingerprint density at radius 1 is 1.38 bits per heavy atom. The van der Waals surface area contributed by atoms with Crippen molar-refractivity contribution in [1.82, 2.24) is 19.9 Å². The van der Waals surface area contributed by atoms with Crippen LogP contribution in [-0.4, -0.2) is 46.6 Å². The van der Waals surface area contributed by atoms with Gasteiger partial charge in [-0.1, -0.05) is 18.2 Å². The summed E-state index contributed by atoms with van der Waals surface area (Å²) >= 11 is 0. The van der Waals surface area contributed by atoms with Gasteiger partial charge < -0.3 is 10.6 Å². The van der Waals surface area contributed by atoms with E-state index in [2.05, 4.69) is 20.7 Å².